The van der Waals surface area contributed by atoms with Gasteiger partial charge in [-0.1, -0.05) is 6.92 Å². The Kier molecular flexibility index (Phi) is 6.26. The summed E-state index contributed by atoms with van der Waals surface area (Å²) in [6.07, 6.45) is 0.764. The largest absolute Gasteiger partial charge is 0.376 e. The van der Waals surface area contributed by atoms with Crippen molar-refractivity contribution in [3.8, 4) is 0 Å². The quantitative estimate of drug-likeness (QED) is 0.636. The van der Waals surface area contributed by atoms with Gasteiger partial charge < -0.3 is 14.8 Å². The molecule has 0 amide bonds. The smallest absolute Gasteiger partial charge is 0.150 e. The molecule has 1 heterocycles. The summed E-state index contributed by atoms with van der Waals surface area (Å²) in [4.78, 5) is 0. The van der Waals surface area contributed by atoms with Gasteiger partial charge in [-0.2, -0.15) is 0 Å². The highest BCUT2D eigenvalue weighted by Gasteiger charge is 2.13. The third-order valence-corrected chi connectivity index (χ3v) is 4.30. The van der Waals surface area contributed by atoms with Crippen molar-refractivity contribution in [3.05, 3.63) is 0 Å². The van der Waals surface area contributed by atoms with Gasteiger partial charge in [0.25, 0.3) is 0 Å². The van der Waals surface area contributed by atoms with Crippen molar-refractivity contribution in [2.45, 2.75) is 19.4 Å². The Morgan fingerprint density at radius 1 is 1.38 bits per heavy atom. The maximum Gasteiger partial charge on any atom is 0.150 e. The molecule has 0 bridgehead atoms. The summed E-state index contributed by atoms with van der Waals surface area (Å²) in [6, 6.07) is 0. The Balaban J connectivity index is 1.99. The average Bonchev–Trinajstić information content (AvgIpc) is 2.30. The van der Waals surface area contributed by atoms with Gasteiger partial charge in [0.1, 0.15) is 9.84 Å². The second-order valence-electron chi connectivity index (χ2n) is 3.86. The minimum absolute atomic E-state index is 0.108. The predicted octanol–water partition coefficient (Wildman–Crippen LogP) is -0.184. The van der Waals surface area contributed by atoms with Gasteiger partial charge in [0.15, 0.2) is 0 Å². The Bertz CT molecular complexity index is 273. The van der Waals surface area contributed by atoms with Gasteiger partial charge in [0, 0.05) is 12.3 Å². The third-order valence-electron chi connectivity index (χ3n) is 2.51. The Morgan fingerprint density at radius 2 is 2.19 bits per heavy atom. The molecule has 1 aliphatic rings. The number of nitrogens with one attached hydrogen (secondary N) is 1. The summed E-state index contributed by atoms with van der Waals surface area (Å²) in [5, 5.41) is 3.18. The molecule has 5 nitrogen and oxygen atoms in total. The van der Waals surface area contributed by atoms with Crippen LogP contribution in [0, 0.1) is 0 Å². The van der Waals surface area contributed by atoms with E-state index in [0.29, 0.717) is 32.8 Å². The molecule has 96 valence electrons. The molecule has 1 rings (SSSR count). The molecular weight excluding hydrogens is 230 g/mol. The number of hydrogen-bond acceptors (Lipinski definition) is 5. The molecular formula is C10H21NO4S. The summed E-state index contributed by atoms with van der Waals surface area (Å²) in [5.41, 5.74) is 0. The SMILES string of the molecule is CCS(=O)(=O)CCCNCC1COCCO1. The zero-order valence-corrected chi connectivity index (χ0v) is 10.6. The number of ether oxygens (including phenoxy) is 2. The standard InChI is InChI=1S/C10H21NO4S/c1-2-16(12,13)7-3-4-11-8-10-9-14-5-6-15-10/h10-11H,2-9H2,1H3. The molecule has 1 atom stereocenters. The highest BCUT2D eigenvalue weighted by atomic mass is 32.2. The molecule has 1 fully saturated rings. The summed E-state index contributed by atoms with van der Waals surface area (Å²) < 4.78 is 33.1. The molecule has 0 aromatic carbocycles. The minimum Gasteiger partial charge on any atom is -0.376 e. The highest BCUT2D eigenvalue weighted by molar-refractivity contribution is 7.91. The first-order valence-electron chi connectivity index (χ1n) is 5.74. The molecule has 0 spiro atoms. The first-order chi connectivity index (χ1) is 7.64. The molecule has 1 aliphatic heterocycles. The van der Waals surface area contributed by atoms with Crippen LogP contribution in [-0.4, -0.2) is 58.9 Å². The fraction of sp³-hybridized carbons (Fsp3) is 1.00. The van der Waals surface area contributed by atoms with Crippen LogP contribution in [0.1, 0.15) is 13.3 Å². The first-order valence-corrected chi connectivity index (χ1v) is 7.56. The zero-order chi connectivity index (χ0) is 11.9. The van der Waals surface area contributed by atoms with E-state index in [-0.39, 0.29) is 17.6 Å². The fourth-order valence-electron chi connectivity index (χ4n) is 1.48. The molecule has 16 heavy (non-hydrogen) atoms. The van der Waals surface area contributed by atoms with E-state index in [2.05, 4.69) is 5.32 Å². The van der Waals surface area contributed by atoms with Gasteiger partial charge in [0.2, 0.25) is 0 Å². The summed E-state index contributed by atoms with van der Waals surface area (Å²) in [5.74, 6) is 0.491. The Labute approximate surface area is 97.4 Å². The molecule has 1 saturated heterocycles. The van der Waals surface area contributed by atoms with E-state index < -0.39 is 9.84 Å². The van der Waals surface area contributed by atoms with Crippen LogP contribution in [-0.2, 0) is 19.3 Å². The number of rotatable bonds is 7. The van der Waals surface area contributed by atoms with Gasteiger partial charge in [-0.15, -0.1) is 0 Å². The molecule has 0 aromatic rings. The van der Waals surface area contributed by atoms with E-state index in [9.17, 15) is 8.42 Å². The highest BCUT2D eigenvalue weighted by Crippen LogP contribution is 1.99. The maximum absolute atomic E-state index is 11.2. The lowest BCUT2D eigenvalue weighted by Crippen LogP contribution is -2.37. The topological polar surface area (TPSA) is 64.6 Å². The minimum atomic E-state index is -2.82. The summed E-state index contributed by atoms with van der Waals surface area (Å²) in [7, 11) is -2.82. The van der Waals surface area contributed by atoms with E-state index in [1.807, 2.05) is 0 Å². The van der Waals surface area contributed by atoms with Crippen molar-refractivity contribution in [3.63, 3.8) is 0 Å². The Morgan fingerprint density at radius 3 is 2.81 bits per heavy atom. The fourth-order valence-corrected chi connectivity index (χ4v) is 2.35. The van der Waals surface area contributed by atoms with Gasteiger partial charge in [-0.25, -0.2) is 8.42 Å². The first kappa shape index (κ1) is 13.9. The van der Waals surface area contributed by atoms with E-state index in [1.54, 1.807) is 6.92 Å². The lowest BCUT2D eigenvalue weighted by molar-refractivity contribution is -0.0862. The maximum atomic E-state index is 11.2. The van der Waals surface area contributed by atoms with Crippen LogP contribution in [0.4, 0.5) is 0 Å². The van der Waals surface area contributed by atoms with Gasteiger partial charge >= 0.3 is 0 Å². The van der Waals surface area contributed by atoms with Crippen LogP contribution in [0.15, 0.2) is 0 Å². The van der Waals surface area contributed by atoms with Crippen molar-refractivity contribution >= 4 is 9.84 Å². The second kappa shape index (κ2) is 7.21. The van der Waals surface area contributed by atoms with Crippen molar-refractivity contribution < 1.29 is 17.9 Å². The molecule has 0 saturated carbocycles. The summed E-state index contributed by atoms with van der Waals surface area (Å²) in [6.45, 7) is 5.06. The van der Waals surface area contributed by atoms with Crippen LogP contribution in [0.5, 0.6) is 0 Å². The number of sulfone groups is 1. The van der Waals surface area contributed by atoms with Gasteiger partial charge in [-0.05, 0) is 13.0 Å². The number of hydrogen-bond donors (Lipinski definition) is 1. The average molecular weight is 251 g/mol. The molecule has 0 aromatic heterocycles. The van der Waals surface area contributed by atoms with Gasteiger partial charge in [-0.3, -0.25) is 0 Å². The molecule has 1 unspecified atom stereocenters. The van der Waals surface area contributed by atoms with Crippen molar-refractivity contribution in [1.29, 1.82) is 0 Å². The zero-order valence-electron chi connectivity index (χ0n) is 9.78. The molecule has 1 N–H and O–H groups in total. The van der Waals surface area contributed by atoms with Crippen LogP contribution in [0.3, 0.4) is 0 Å². The normalized spacial score (nSPS) is 22.2. The lowest BCUT2D eigenvalue weighted by Gasteiger charge is -2.23. The molecule has 0 aliphatic carbocycles. The predicted molar refractivity (Wildman–Crippen MR) is 62.4 cm³/mol. The van der Waals surface area contributed by atoms with Gasteiger partial charge in [0.05, 0.1) is 31.7 Å². The van der Waals surface area contributed by atoms with E-state index >= 15 is 0 Å². The van der Waals surface area contributed by atoms with E-state index in [0.717, 1.165) is 6.54 Å². The second-order valence-corrected chi connectivity index (χ2v) is 6.33. The molecule has 0 radical (unpaired) electrons. The van der Waals surface area contributed by atoms with Crippen molar-refractivity contribution in [1.82, 2.24) is 5.32 Å². The van der Waals surface area contributed by atoms with E-state index in [1.165, 1.54) is 0 Å². The van der Waals surface area contributed by atoms with Crippen LogP contribution < -0.4 is 5.32 Å². The lowest BCUT2D eigenvalue weighted by atomic mass is 10.3. The van der Waals surface area contributed by atoms with Crippen molar-refractivity contribution in [2.24, 2.45) is 0 Å². The Hall–Kier alpha value is -0.170. The van der Waals surface area contributed by atoms with Crippen LogP contribution in [0.25, 0.3) is 0 Å². The van der Waals surface area contributed by atoms with Crippen molar-refractivity contribution in [2.75, 3.05) is 44.4 Å². The van der Waals surface area contributed by atoms with Crippen LogP contribution >= 0.6 is 0 Å². The summed E-state index contributed by atoms with van der Waals surface area (Å²) >= 11 is 0. The van der Waals surface area contributed by atoms with E-state index in [4.69, 9.17) is 9.47 Å². The molecule has 6 heteroatoms. The third kappa shape index (κ3) is 5.79. The van der Waals surface area contributed by atoms with Crippen LogP contribution in [0.2, 0.25) is 0 Å². The monoisotopic (exact) mass is 251 g/mol.